The second-order valence-corrected chi connectivity index (χ2v) is 9.26. The number of hydrogen-bond donors (Lipinski definition) is 0. The second kappa shape index (κ2) is 9.81. The van der Waals surface area contributed by atoms with Gasteiger partial charge in [-0.2, -0.15) is 0 Å². The standard InChI is InChI=1S/C30H30O7/c1-33-23-15-21-20(14-22(29(31)36-4)30(32)37-5)24-16-10-6-8-12-18(16)25(19-13-9-7-11-17(19)24)26(21)28(35-3)27(23)34-2/h6-13,15,20,22,24-25H,14H2,1-5H3. The number of carbonyl (C=O) groups is 2. The molecule has 0 radical (unpaired) electrons. The second-order valence-electron chi connectivity index (χ2n) is 9.26. The first kappa shape index (κ1) is 24.7. The Kier molecular flexibility index (Phi) is 6.54. The van der Waals surface area contributed by atoms with Crippen molar-refractivity contribution in [3.05, 3.63) is 88.0 Å². The van der Waals surface area contributed by atoms with Crippen LogP contribution in [-0.2, 0) is 19.1 Å². The SMILES string of the molecule is COC(=O)C(CC1c2cc(OC)c(OC)c(OC)c2C2c3ccccc3C1c1ccccc12)C(=O)OC. The van der Waals surface area contributed by atoms with Gasteiger partial charge in [0.1, 0.15) is 0 Å². The maximum Gasteiger partial charge on any atom is 0.320 e. The van der Waals surface area contributed by atoms with E-state index >= 15 is 0 Å². The quantitative estimate of drug-likeness (QED) is 0.340. The van der Waals surface area contributed by atoms with Gasteiger partial charge >= 0.3 is 11.9 Å². The van der Waals surface area contributed by atoms with Crippen molar-refractivity contribution in [2.75, 3.05) is 35.5 Å². The Balaban J connectivity index is 1.88. The molecule has 0 fully saturated rings. The summed E-state index contributed by atoms with van der Waals surface area (Å²) in [5.41, 5.74) is 6.51. The maximum absolute atomic E-state index is 12.8. The molecule has 0 saturated carbocycles. The molecule has 0 amide bonds. The van der Waals surface area contributed by atoms with E-state index < -0.39 is 17.9 Å². The van der Waals surface area contributed by atoms with Gasteiger partial charge in [-0.1, -0.05) is 48.5 Å². The highest BCUT2D eigenvalue weighted by Gasteiger charge is 2.47. The third-order valence-electron chi connectivity index (χ3n) is 7.74. The van der Waals surface area contributed by atoms with Gasteiger partial charge < -0.3 is 23.7 Å². The van der Waals surface area contributed by atoms with Gasteiger partial charge in [0.2, 0.25) is 5.75 Å². The third kappa shape index (κ3) is 3.72. The van der Waals surface area contributed by atoms with Gasteiger partial charge in [0, 0.05) is 17.4 Å². The molecule has 0 aliphatic heterocycles. The summed E-state index contributed by atoms with van der Waals surface area (Å²) in [7, 11) is 7.36. The topological polar surface area (TPSA) is 80.3 Å². The lowest BCUT2D eigenvalue weighted by Gasteiger charge is -2.34. The van der Waals surface area contributed by atoms with Crippen LogP contribution in [0.25, 0.3) is 0 Å². The molecule has 3 aliphatic carbocycles. The number of benzene rings is 3. The summed E-state index contributed by atoms with van der Waals surface area (Å²) in [6, 6.07) is 18.6. The molecule has 0 heterocycles. The summed E-state index contributed by atoms with van der Waals surface area (Å²) >= 11 is 0. The molecule has 2 bridgehead atoms. The van der Waals surface area contributed by atoms with Crippen molar-refractivity contribution in [3.63, 3.8) is 0 Å². The minimum absolute atomic E-state index is 0.121. The predicted molar refractivity (Wildman–Crippen MR) is 137 cm³/mol. The molecule has 7 heteroatoms. The lowest BCUT2D eigenvalue weighted by molar-refractivity contribution is -0.159. The first-order valence-corrected chi connectivity index (χ1v) is 12.2. The van der Waals surface area contributed by atoms with Gasteiger partial charge in [-0.3, -0.25) is 9.59 Å². The van der Waals surface area contributed by atoms with Gasteiger partial charge in [0.15, 0.2) is 17.4 Å². The van der Waals surface area contributed by atoms with Crippen LogP contribution in [0.5, 0.6) is 17.2 Å². The molecule has 3 aromatic rings. The third-order valence-corrected chi connectivity index (χ3v) is 7.74. The van der Waals surface area contributed by atoms with E-state index in [1.165, 1.54) is 14.2 Å². The van der Waals surface area contributed by atoms with Gasteiger partial charge in [-0.15, -0.1) is 0 Å². The van der Waals surface area contributed by atoms with E-state index in [0.29, 0.717) is 17.2 Å². The van der Waals surface area contributed by atoms with Gasteiger partial charge in [0.05, 0.1) is 35.5 Å². The molecule has 1 unspecified atom stereocenters. The summed E-state index contributed by atoms with van der Waals surface area (Å²) in [6.07, 6.45) is 0.186. The lowest BCUT2D eigenvalue weighted by Crippen LogP contribution is -2.30. The number of methoxy groups -OCH3 is 5. The molecular weight excluding hydrogens is 472 g/mol. The smallest absolute Gasteiger partial charge is 0.320 e. The van der Waals surface area contributed by atoms with E-state index in [1.54, 1.807) is 21.3 Å². The monoisotopic (exact) mass is 502 g/mol. The van der Waals surface area contributed by atoms with Crippen LogP contribution in [0.1, 0.15) is 57.6 Å². The van der Waals surface area contributed by atoms with Gasteiger partial charge in [0.25, 0.3) is 0 Å². The molecule has 1 atom stereocenters. The van der Waals surface area contributed by atoms with Crippen LogP contribution in [0.2, 0.25) is 0 Å². The van der Waals surface area contributed by atoms with Crippen molar-refractivity contribution in [2.45, 2.75) is 24.2 Å². The Hall–Kier alpha value is -4.00. The highest BCUT2D eigenvalue weighted by atomic mass is 16.5. The zero-order chi connectivity index (χ0) is 26.3. The van der Waals surface area contributed by atoms with Crippen molar-refractivity contribution in [2.24, 2.45) is 5.92 Å². The van der Waals surface area contributed by atoms with E-state index in [9.17, 15) is 9.59 Å². The van der Waals surface area contributed by atoms with Crippen molar-refractivity contribution in [3.8, 4) is 17.2 Å². The molecule has 192 valence electrons. The molecular formula is C30H30O7. The molecule has 0 spiro atoms. The van der Waals surface area contributed by atoms with Crippen LogP contribution >= 0.6 is 0 Å². The van der Waals surface area contributed by atoms with Crippen molar-refractivity contribution in [1.29, 1.82) is 0 Å². The Morgan fingerprint density at radius 3 is 1.68 bits per heavy atom. The Morgan fingerprint density at radius 2 is 1.22 bits per heavy atom. The summed E-state index contributed by atoms with van der Waals surface area (Å²) < 4.78 is 27.6. The van der Waals surface area contributed by atoms with Crippen LogP contribution < -0.4 is 14.2 Å². The van der Waals surface area contributed by atoms with E-state index in [0.717, 1.165) is 33.4 Å². The number of ether oxygens (including phenoxy) is 5. The van der Waals surface area contributed by atoms with Crippen LogP contribution in [0, 0.1) is 5.92 Å². The fraction of sp³-hybridized carbons (Fsp3) is 0.333. The molecule has 0 saturated heterocycles. The molecule has 7 nitrogen and oxygen atoms in total. The van der Waals surface area contributed by atoms with E-state index in [2.05, 4.69) is 24.3 Å². The van der Waals surface area contributed by atoms with E-state index in [-0.39, 0.29) is 24.2 Å². The molecule has 0 aromatic heterocycles. The maximum atomic E-state index is 12.8. The fourth-order valence-corrected chi connectivity index (χ4v) is 6.27. The van der Waals surface area contributed by atoms with Crippen LogP contribution in [0.15, 0.2) is 54.6 Å². The number of esters is 2. The average Bonchev–Trinajstić information content (AvgIpc) is 3.14. The minimum atomic E-state index is -1.09. The molecule has 3 aromatic carbocycles. The average molecular weight is 503 g/mol. The Morgan fingerprint density at radius 1 is 0.703 bits per heavy atom. The van der Waals surface area contributed by atoms with Gasteiger partial charge in [-0.05, 0) is 46.2 Å². The Labute approximate surface area is 216 Å². The van der Waals surface area contributed by atoms with Crippen LogP contribution in [0.4, 0.5) is 0 Å². The first-order chi connectivity index (χ1) is 18.0. The lowest BCUT2D eigenvalue weighted by atomic mass is 9.69. The zero-order valence-electron chi connectivity index (χ0n) is 21.6. The molecule has 37 heavy (non-hydrogen) atoms. The normalized spacial score (nSPS) is 18.7. The minimum Gasteiger partial charge on any atom is -0.493 e. The molecule has 3 aliphatic rings. The highest BCUT2D eigenvalue weighted by Crippen LogP contribution is 2.61. The molecule has 6 rings (SSSR count). The van der Waals surface area contributed by atoms with Crippen molar-refractivity contribution >= 4 is 11.9 Å². The van der Waals surface area contributed by atoms with Crippen molar-refractivity contribution in [1.82, 2.24) is 0 Å². The highest BCUT2D eigenvalue weighted by molar-refractivity contribution is 5.95. The first-order valence-electron chi connectivity index (χ1n) is 12.2. The number of hydrogen-bond acceptors (Lipinski definition) is 7. The largest absolute Gasteiger partial charge is 0.493 e. The van der Waals surface area contributed by atoms with Crippen LogP contribution in [0.3, 0.4) is 0 Å². The van der Waals surface area contributed by atoms with Gasteiger partial charge in [-0.25, -0.2) is 0 Å². The van der Waals surface area contributed by atoms with Crippen LogP contribution in [-0.4, -0.2) is 47.5 Å². The number of rotatable bonds is 7. The van der Waals surface area contributed by atoms with Crippen molar-refractivity contribution < 1.29 is 33.3 Å². The molecule has 0 N–H and O–H groups in total. The summed E-state index contributed by atoms with van der Waals surface area (Å²) in [4.78, 5) is 25.7. The summed E-state index contributed by atoms with van der Waals surface area (Å²) in [5, 5.41) is 0. The van der Waals surface area contributed by atoms with E-state index in [4.69, 9.17) is 23.7 Å². The fourth-order valence-electron chi connectivity index (χ4n) is 6.27. The summed E-state index contributed by atoms with van der Waals surface area (Å²) in [5.74, 6) is -1.29. The zero-order valence-corrected chi connectivity index (χ0v) is 21.6. The van der Waals surface area contributed by atoms with E-state index in [1.807, 2.05) is 30.3 Å². The number of carbonyl (C=O) groups excluding carboxylic acids is 2. The summed E-state index contributed by atoms with van der Waals surface area (Å²) in [6.45, 7) is 0. The predicted octanol–water partition coefficient (Wildman–Crippen LogP) is 4.79. The Bertz CT molecular complexity index is 1300.